The van der Waals surface area contributed by atoms with Crippen LogP contribution in [0, 0.1) is 5.92 Å². The molecule has 0 aromatic rings. The van der Waals surface area contributed by atoms with Crippen LogP contribution in [-0.2, 0) is 57.3 Å². The molecular weight excluding hydrogens is 526 g/mol. The summed E-state index contributed by atoms with van der Waals surface area (Å²) in [7, 11) is 0. The molecule has 14 heteroatoms. The Labute approximate surface area is 203 Å². The van der Waals surface area contributed by atoms with Crippen LogP contribution in [0.5, 0.6) is 0 Å². The fourth-order valence-electron chi connectivity index (χ4n) is 3.20. The van der Waals surface area contributed by atoms with Crippen molar-refractivity contribution in [2.24, 2.45) is 11.1 Å². The lowest BCUT2D eigenvalue weighted by molar-refractivity contribution is -0.206. The van der Waals surface area contributed by atoms with Crippen LogP contribution >= 0.6 is 15.9 Å². The Morgan fingerprint density at radius 1 is 0.794 bits per heavy atom. The number of carbonyl (C=O) groups excluding carboxylic acids is 6. The summed E-state index contributed by atoms with van der Waals surface area (Å²) in [4.78, 5) is 76.4. The molecule has 0 saturated heterocycles. The molecule has 1 aliphatic rings. The SMILES string of the molecule is CC(=O)OC[C@@H](OC(C)=O)[C@H](OC(C)=O)[C@H](OC(C)=O)[C@@H](OC(C)=O)[C@H]1C(Br)=NO[C@@H]1C(C)=O. The van der Waals surface area contributed by atoms with E-state index in [-0.39, 0.29) is 4.62 Å². The standard InChI is InChI=1S/C20H26BrNO12/c1-8(23)16-15(20(21)22-34-16)18(32-12(5)27)19(33-13(6)28)17(31-11(4)26)14(30-10(3)25)7-29-9(2)24/h14-19H,7H2,1-6H3/t14-,15+,16-,17+,18+,19+/m1/s1. The van der Waals surface area contributed by atoms with Gasteiger partial charge in [0, 0.05) is 34.6 Å². The lowest BCUT2D eigenvalue weighted by Crippen LogP contribution is -2.57. The van der Waals surface area contributed by atoms with Gasteiger partial charge in [0.15, 0.2) is 36.3 Å². The maximum absolute atomic E-state index is 12.2. The van der Waals surface area contributed by atoms with Crippen molar-refractivity contribution in [3.63, 3.8) is 0 Å². The monoisotopic (exact) mass is 551 g/mol. The lowest BCUT2D eigenvalue weighted by Gasteiger charge is -2.37. The van der Waals surface area contributed by atoms with E-state index in [1.807, 2.05) is 0 Å². The molecule has 13 nitrogen and oxygen atoms in total. The Balaban J connectivity index is 3.66. The van der Waals surface area contributed by atoms with E-state index in [0.29, 0.717) is 0 Å². The first kappa shape index (κ1) is 29.0. The zero-order valence-electron chi connectivity index (χ0n) is 19.4. The van der Waals surface area contributed by atoms with Crippen molar-refractivity contribution in [2.45, 2.75) is 72.1 Å². The van der Waals surface area contributed by atoms with Gasteiger partial charge in [0.2, 0.25) is 0 Å². The van der Waals surface area contributed by atoms with E-state index in [1.165, 1.54) is 6.92 Å². The summed E-state index contributed by atoms with van der Waals surface area (Å²) >= 11 is 3.14. The predicted molar refractivity (Wildman–Crippen MR) is 114 cm³/mol. The molecule has 190 valence electrons. The molecule has 1 heterocycles. The van der Waals surface area contributed by atoms with Gasteiger partial charge in [0.25, 0.3) is 0 Å². The van der Waals surface area contributed by atoms with Crippen molar-refractivity contribution in [1.29, 1.82) is 0 Å². The van der Waals surface area contributed by atoms with Crippen LogP contribution in [0.1, 0.15) is 41.5 Å². The number of esters is 5. The summed E-state index contributed by atoms with van der Waals surface area (Å²) in [5.74, 6) is -5.83. The number of Topliss-reactive ketones (excluding diaryl/α,β-unsaturated/α-hetero) is 1. The van der Waals surface area contributed by atoms with Crippen molar-refractivity contribution >= 4 is 56.2 Å². The number of nitrogens with zero attached hydrogens (tertiary/aromatic N) is 1. The predicted octanol–water partition coefficient (Wildman–Crippen LogP) is 0.589. The van der Waals surface area contributed by atoms with Gasteiger partial charge in [-0.05, 0) is 22.9 Å². The van der Waals surface area contributed by atoms with E-state index in [0.717, 1.165) is 34.6 Å². The van der Waals surface area contributed by atoms with Crippen LogP contribution in [-0.4, -0.2) is 77.4 Å². The van der Waals surface area contributed by atoms with E-state index in [9.17, 15) is 28.8 Å². The number of rotatable bonds is 11. The highest BCUT2D eigenvalue weighted by molar-refractivity contribution is 9.18. The van der Waals surface area contributed by atoms with Crippen molar-refractivity contribution < 1.29 is 57.3 Å². The Kier molecular flexibility index (Phi) is 11.1. The molecule has 0 aliphatic carbocycles. The number of oxime groups is 1. The second-order valence-electron chi connectivity index (χ2n) is 7.25. The molecule has 0 aromatic carbocycles. The maximum Gasteiger partial charge on any atom is 0.303 e. The molecule has 0 bridgehead atoms. The Morgan fingerprint density at radius 3 is 1.74 bits per heavy atom. The van der Waals surface area contributed by atoms with E-state index in [2.05, 4.69) is 21.1 Å². The van der Waals surface area contributed by atoms with Crippen molar-refractivity contribution in [1.82, 2.24) is 0 Å². The van der Waals surface area contributed by atoms with Crippen molar-refractivity contribution in [2.75, 3.05) is 6.61 Å². The van der Waals surface area contributed by atoms with E-state index >= 15 is 0 Å². The minimum Gasteiger partial charge on any atom is -0.462 e. The van der Waals surface area contributed by atoms with Gasteiger partial charge >= 0.3 is 29.8 Å². The molecule has 0 amide bonds. The zero-order valence-corrected chi connectivity index (χ0v) is 21.0. The largest absolute Gasteiger partial charge is 0.462 e. The molecule has 6 atom stereocenters. The number of hydrogen-bond donors (Lipinski definition) is 0. The smallest absolute Gasteiger partial charge is 0.303 e. The third kappa shape index (κ3) is 8.72. The average molecular weight is 552 g/mol. The topological polar surface area (TPSA) is 170 Å². The molecule has 0 radical (unpaired) electrons. The van der Waals surface area contributed by atoms with Crippen molar-refractivity contribution in [3.05, 3.63) is 0 Å². The molecule has 0 spiro atoms. The summed E-state index contributed by atoms with van der Waals surface area (Å²) in [5, 5.41) is 3.70. The minimum atomic E-state index is -1.65. The molecule has 34 heavy (non-hydrogen) atoms. The number of hydrogen-bond acceptors (Lipinski definition) is 13. The molecule has 1 aliphatic heterocycles. The number of halogens is 1. The van der Waals surface area contributed by atoms with E-state index < -0.39 is 78.7 Å². The molecular formula is C20H26BrNO12. The summed E-state index contributed by atoms with van der Waals surface area (Å²) < 4.78 is 26.2. The summed E-state index contributed by atoms with van der Waals surface area (Å²) in [6.07, 6.45) is -7.54. The third-order valence-corrected chi connectivity index (χ3v) is 4.97. The van der Waals surface area contributed by atoms with Crippen LogP contribution < -0.4 is 0 Å². The van der Waals surface area contributed by atoms with Gasteiger partial charge in [-0.25, -0.2) is 0 Å². The van der Waals surface area contributed by atoms with Crippen molar-refractivity contribution in [3.8, 4) is 0 Å². The summed E-state index contributed by atoms with van der Waals surface area (Å²) in [5.41, 5.74) is 0. The number of ketones is 1. The van der Waals surface area contributed by atoms with Gasteiger partial charge in [-0.1, -0.05) is 5.16 Å². The fraction of sp³-hybridized carbons (Fsp3) is 0.650. The van der Waals surface area contributed by atoms with Gasteiger partial charge in [0.05, 0.1) is 5.92 Å². The van der Waals surface area contributed by atoms with Crippen LogP contribution in [0.3, 0.4) is 0 Å². The highest BCUT2D eigenvalue weighted by atomic mass is 79.9. The van der Waals surface area contributed by atoms with Gasteiger partial charge in [0.1, 0.15) is 11.2 Å². The Hall–Kier alpha value is -3.03. The lowest BCUT2D eigenvalue weighted by atomic mass is 9.87. The number of carbonyl (C=O) groups is 6. The van der Waals surface area contributed by atoms with E-state index in [1.54, 1.807) is 0 Å². The summed E-state index contributed by atoms with van der Waals surface area (Å²) in [6.45, 7) is 5.88. The van der Waals surface area contributed by atoms with Crippen LogP contribution in [0.4, 0.5) is 0 Å². The molecule has 1 rings (SSSR count). The van der Waals surface area contributed by atoms with Gasteiger partial charge in [-0.3, -0.25) is 28.8 Å². The zero-order chi connectivity index (χ0) is 26.2. The van der Waals surface area contributed by atoms with Gasteiger partial charge in [-0.15, -0.1) is 0 Å². The molecule has 0 aromatic heterocycles. The van der Waals surface area contributed by atoms with Crippen LogP contribution in [0.2, 0.25) is 0 Å². The molecule has 0 fully saturated rings. The normalized spacial score (nSPS) is 20.4. The van der Waals surface area contributed by atoms with Crippen LogP contribution in [0.25, 0.3) is 0 Å². The quantitative estimate of drug-likeness (QED) is 0.259. The first-order valence-electron chi connectivity index (χ1n) is 9.96. The minimum absolute atomic E-state index is 0.0432. The third-order valence-electron chi connectivity index (χ3n) is 4.30. The molecule has 0 unspecified atom stereocenters. The average Bonchev–Trinajstić information content (AvgIpc) is 3.06. The Morgan fingerprint density at radius 2 is 1.29 bits per heavy atom. The second kappa shape index (κ2) is 13.0. The molecule has 0 N–H and O–H groups in total. The number of ether oxygens (including phenoxy) is 5. The highest BCUT2D eigenvalue weighted by Gasteiger charge is 2.53. The first-order valence-corrected chi connectivity index (χ1v) is 10.8. The fourth-order valence-corrected chi connectivity index (χ4v) is 3.78. The second-order valence-corrected chi connectivity index (χ2v) is 8.06. The first-order chi connectivity index (χ1) is 15.7. The van der Waals surface area contributed by atoms with E-state index in [4.69, 9.17) is 28.5 Å². The summed E-state index contributed by atoms with van der Waals surface area (Å²) in [6, 6.07) is 0. The van der Waals surface area contributed by atoms with Crippen LogP contribution in [0.15, 0.2) is 5.16 Å². The Bertz CT molecular complexity index is 856. The van der Waals surface area contributed by atoms with Gasteiger partial charge < -0.3 is 28.5 Å². The highest BCUT2D eigenvalue weighted by Crippen LogP contribution is 2.33. The van der Waals surface area contributed by atoms with Gasteiger partial charge in [-0.2, -0.15) is 0 Å². The maximum atomic E-state index is 12.2. The molecule has 0 saturated carbocycles.